The molecule has 1 rings (SSSR count). The van der Waals surface area contributed by atoms with Gasteiger partial charge < -0.3 is 23.7 Å². The van der Waals surface area contributed by atoms with Crippen molar-refractivity contribution in [3.63, 3.8) is 0 Å². The second-order valence-electron chi connectivity index (χ2n) is 7.65. The summed E-state index contributed by atoms with van der Waals surface area (Å²) >= 11 is 6.82. The summed E-state index contributed by atoms with van der Waals surface area (Å²) in [5.41, 5.74) is 0.369. The van der Waals surface area contributed by atoms with Gasteiger partial charge in [0.25, 0.3) is 0 Å². The molecule has 0 aliphatic carbocycles. The maximum atomic E-state index is 12.2. The van der Waals surface area contributed by atoms with Crippen molar-refractivity contribution in [2.24, 2.45) is 0 Å². The van der Waals surface area contributed by atoms with Crippen molar-refractivity contribution in [1.29, 1.82) is 0 Å². The van der Waals surface area contributed by atoms with Crippen molar-refractivity contribution in [3.05, 3.63) is 26.6 Å². The van der Waals surface area contributed by atoms with Gasteiger partial charge in [-0.3, -0.25) is 0 Å². The van der Waals surface area contributed by atoms with Gasteiger partial charge in [0.05, 0.1) is 44.1 Å². The van der Waals surface area contributed by atoms with Crippen LogP contribution in [0, 0.1) is 0 Å². The van der Waals surface area contributed by atoms with E-state index in [1.54, 1.807) is 13.0 Å². The molecule has 0 saturated carbocycles. The van der Waals surface area contributed by atoms with E-state index < -0.39 is 5.97 Å². The van der Waals surface area contributed by atoms with Crippen LogP contribution in [0.5, 0.6) is 5.75 Å². The first kappa shape index (κ1) is 30.4. The molecule has 0 aliphatic rings. The first-order valence-electron chi connectivity index (χ1n) is 12.1. The number of halogens is 2. The van der Waals surface area contributed by atoms with E-state index >= 15 is 0 Å². The van der Waals surface area contributed by atoms with Crippen molar-refractivity contribution in [3.8, 4) is 5.75 Å². The summed E-state index contributed by atoms with van der Waals surface area (Å²) in [6.45, 7) is 8.02. The van der Waals surface area contributed by atoms with Crippen LogP contribution >= 0.6 is 31.9 Å². The fraction of sp³-hybridized carbons (Fsp3) is 0.720. The van der Waals surface area contributed by atoms with Crippen LogP contribution in [-0.2, 0) is 18.9 Å². The minimum absolute atomic E-state index is 0.301. The third-order valence-electron chi connectivity index (χ3n) is 4.86. The van der Waals surface area contributed by atoms with E-state index in [0.717, 1.165) is 17.5 Å². The van der Waals surface area contributed by atoms with Crippen molar-refractivity contribution < 1.29 is 28.5 Å². The molecule has 0 bridgehead atoms. The second kappa shape index (κ2) is 20.7. The average Bonchev–Trinajstić information content (AvgIpc) is 2.79. The average molecular weight is 596 g/mol. The number of benzene rings is 1. The van der Waals surface area contributed by atoms with E-state index in [1.807, 2.05) is 6.07 Å². The van der Waals surface area contributed by atoms with E-state index in [-0.39, 0.29) is 0 Å². The van der Waals surface area contributed by atoms with Crippen LogP contribution in [0.4, 0.5) is 0 Å². The molecular formula is C25H40Br2O6. The molecule has 0 radical (unpaired) electrons. The van der Waals surface area contributed by atoms with Gasteiger partial charge in [-0.25, -0.2) is 4.79 Å². The summed E-state index contributed by atoms with van der Waals surface area (Å²) < 4.78 is 29.0. The molecule has 33 heavy (non-hydrogen) atoms. The molecule has 6 nitrogen and oxygen atoms in total. The highest BCUT2D eigenvalue weighted by atomic mass is 79.9. The lowest BCUT2D eigenvalue weighted by Crippen LogP contribution is -2.14. The smallest absolute Gasteiger partial charge is 0.341 e. The Morgan fingerprint density at radius 1 is 0.727 bits per heavy atom. The van der Waals surface area contributed by atoms with Gasteiger partial charge in [-0.05, 0) is 41.4 Å². The molecule has 0 saturated heterocycles. The molecule has 0 atom stereocenters. The van der Waals surface area contributed by atoms with Gasteiger partial charge in [-0.2, -0.15) is 0 Å². The van der Waals surface area contributed by atoms with Crippen LogP contribution in [-0.4, -0.2) is 58.8 Å². The van der Waals surface area contributed by atoms with Crippen LogP contribution in [0.3, 0.4) is 0 Å². The molecule has 1 aromatic carbocycles. The fourth-order valence-electron chi connectivity index (χ4n) is 3.15. The van der Waals surface area contributed by atoms with E-state index in [4.69, 9.17) is 23.7 Å². The molecule has 0 aromatic heterocycles. The van der Waals surface area contributed by atoms with E-state index in [1.165, 1.54) is 44.9 Å². The molecule has 0 aliphatic heterocycles. The molecule has 1 aromatic rings. The van der Waals surface area contributed by atoms with Crippen LogP contribution in [0.25, 0.3) is 0 Å². The number of carbonyl (C=O) groups is 1. The maximum absolute atomic E-state index is 12.2. The minimum Gasteiger partial charge on any atom is -0.489 e. The van der Waals surface area contributed by atoms with E-state index in [0.29, 0.717) is 62.0 Å². The van der Waals surface area contributed by atoms with Gasteiger partial charge >= 0.3 is 5.97 Å². The Balaban J connectivity index is 2.00. The van der Waals surface area contributed by atoms with Gasteiger partial charge in [-0.1, -0.05) is 67.8 Å². The summed E-state index contributed by atoms with van der Waals surface area (Å²) in [7, 11) is 0. The largest absolute Gasteiger partial charge is 0.489 e. The molecule has 0 amide bonds. The highest BCUT2D eigenvalue weighted by Crippen LogP contribution is 2.33. The summed E-state index contributed by atoms with van der Waals surface area (Å²) in [5.74, 6) is 0.0265. The summed E-state index contributed by atoms with van der Waals surface area (Å²) in [4.78, 5) is 12.2. The van der Waals surface area contributed by atoms with E-state index in [2.05, 4.69) is 38.8 Å². The topological polar surface area (TPSA) is 63.2 Å². The zero-order valence-corrected chi connectivity index (χ0v) is 23.3. The minimum atomic E-state index is -0.423. The Hall–Kier alpha value is -0.670. The number of carbonyl (C=O) groups excluding carboxylic acids is 1. The first-order chi connectivity index (χ1) is 16.1. The van der Waals surface area contributed by atoms with Crippen molar-refractivity contribution in [2.75, 3.05) is 52.9 Å². The first-order valence-corrected chi connectivity index (χ1v) is 13.7. The lowest BCUT2D eigenvalue weighted by atomic mass is 10.1. The zero-order chi connectivity index (χ0) is 24.2. The van der Waals surface area contributed by atoms with Crippen LogP contribution in [0.15, 0.2) is 21.1 Å². The second-order valence-corrected chi connectivity index (χ2v) is 9.42. The lowest BCUT2D eigenvalue weighted by molar-refractivity contribution is 0.00862. The Morgan fingerprint density at radius 3 is 1.88 bits per heavy atom. The number of hydrogen-bond acceptors (Lipinski definition) is 6. The number of rotatable bonds is 21. The van der Waals surface area contributed by atoms with Crippen LogP contribution in [0.2, 0.25) is 0 Å². The fourth-order valence-corrected chi connectivity index (χ4v) is 4.49. The Morgan fingerprint density at radius 2 is 1.27 bits per heavy atom. The Bertz CT molecular complexity index is 642. The van der Waals surface area contributed by atoms with Crippen molar-refractivity contribution >= 4 is 37.8 Å². The van der Waals surface area contributed by atoms with Gasteiger partial charge in [0.15, 0.2) is 0 Å². The quantitative estimate of drug-likeness (QED) is 0.113. The predicted octanol–water partition coefficient (Wildman–Crippen LogP) is 6.96. The van der Waals surface area contributed by atoms with Gasteiger partial charge in [-0.15, -0.1) is 0 Å². The molecule has 0 spiro atoms. The zero-order valence-electron chi connectivity index (χ0n) is 20.2. The third kappa shape index (κ3) is 15.0. The SMILES string of the molecule is CCCCCCCCCCOCCOCCOCCOc1c(Br)cc(Br)cc1C(=O)OCC. The van der Waals surface area contributed by atoms with Crippen molar-refractivity contribution in [1.82, 2.24) is 0 Å². The highest BCUT2D eigenvalue weighted by Gasteiger charge is 2.18. The van der Waals surface area contributed by atoms with Crippen LogP contribution < -0.4 is 4.74 Å². The number of unbranched alkanes of at least 4 members (excludes halogenated alkanes) is 7. The summed E-state index contributed by atoms with van der Waals surface area (Å²) in [6, 6.07) is 3.51. The number of esters is 1. The normalized spacial score (nSPS) is 11.0. The third-order valence-corrected chi connectivity index (χ3v) is 5.91. The van der Waals surface area contributed by atoms with Gasteiger partial charge in [0, 0.05) is 11.1 Å². The summed E-state index contributed by atoms with van der Waals surface area (Å²) in [5, 5.41) is 0. The number of hydrogen-bond donors (Lipinski definition) is 0. The Kier molecular flexibility index (Phi) is 19.0. The van der Waals surface area contributed by atoms with E-state index in [9.17, 15) is 4.79 Å². The number of ether oxygens (including phenoxy) is 5. The lowest BCUT2D eigenvalue weighted by Gasteiger charge is -2.13. The standard InChI is InChI=1S/C25H40Br2O6/c1-3-5-6-7-8-9-10-11-12-29-13-14-30-15-16-31-17-18-33-24-22(25(28)32-4-2)19-21(26)20-23(24)27/h19-20H,3-18H2,1-2H3. The highest BCUT2D eigenvalue weighted by molar-refractivity contribution is 9.11. The molecule has 0 fully saturated rings. The van der Waals surface area contributed by atoms with Gasteiger partial charge in [0.2, 0.25) is 0 Å². The van der Waals surface area contributed by atoms with Crippen LogP contribution in [0.1, 0.15) is 75.6 Å². The molecule has 0 unspecified atom stereocenters. The van der Waals surface area contributed by atoms with Crippen molar-refractivity contribution in [2.45, 2.75) is 65.2 Å². The predicted molar refractivity (Wildman–Crippen MR) is 138 cm³/mol. The maximum Gasteiger partial charge on any atom is 0.341 e. The molecular weight excluding hydrogens is 556 g/mol. The summed E-state index contributed by atoms with van der Waals surface area (Å²) in [6.07, 6.45) is 10.5. The molecule has 0 heterocycles. The van der Waals surface area contributed by atoms with Gasteiger partial charge in [0.1, 0.15) is 17.9 Å². The monoisotopic (exact) mass is 594 g/mol. The Labute approximate surface area is 216 Å². The molecule has 0 N–H and O–H groups in total. The molecule has 190 valence electrons. The molecule has 8 heteroatoms.